The number of ether oxygens (including phenoxy) is 1. The van der Waals surface area contributed by atoms with E-state index in [9.17, 15) is 9.59 Å². The first-order chi connectivity index (χ1) is 11.6. The minimum atomic E-state index is -0.288. The van der Waals surface area contributed by atoms with Crippen molar-refractivity contribution in [3.63, 3.8) is 0 Å². The van der Waals surface area contributed by atoms with E-state index in [0.717, 1.165) is 28.6 Å². The Labute approximate surface area is 145 Å². The lowest BCUT2D eigenvalue weighted by Gasteiger charge is -2.12. The molecule has 0 radical (unpaired) electrons. The predicted molar refractivity (Wildman–Crippen MR) is 97.2 cm³/mol. The van der Waals surface area contributed by atoms with Gasteiger partial charge >= 0.3 is 0 Å². The molecule has 4 nitrogen and oxygen atoms in total. The van der Waals surface area contributed by atoms with Crippen LogP contribution in [0.4, 0.5) is 10.5 Å². The molecular weight excluding hydrogens is 322 g/mol. The fourth-order valence-electron chi connectivity index (χ4n) is 2.44. The summed E-state index contributed by atoms with van der Waals surface area (Å²) in [5, 5.41) is -0.275. The third kappa shape index (κ3) is 3.36. The van der Waals surface area contributed by atoms with E-state index in [1.165, 1.54) is 4.90 Å². The first kappa shape index (κ1) is 16.3. The highest BCUT2D eigenvalue weighted by Gasteiger charge is 2.36. The van der Waals surface area contributed by atoms with Crippen LogP contribution in [0.15, 0.2) is 53.4 Å². The molecule has 0 saturated carbocycles. The summed E-state index contributed by atoms with van der Waals surface area (Å²) in [7, 11) is 0. The van der Waals surface area contributed by atoms with Gasteiger partial charge in [-0.05, 0) is 67.1 Å². The van der Waals surface area contributed by atoms with Crippen LogP contribution in [-0.2, 0) is 4.79 Å². The lowest BCUT2D eigenvalue weighted by atomic mass is 10.2. The fraction of sp³-hybridized carbons (Fsp3) is 0.158. The zero-order valence-electron chi connectivity index (χ0n) is 13.5. The third-order valence-corrected chi connectivity index (χ3v) is 4.41. The molecule has 2 aromatic rings. The van der Waals surface area contributed by atoms with Gasteiger partial charge in [-0.25, -0.2) is 4.90 Å². The van der Waals surface area contributed by atoms with Gasteiger partial charge in [0.05, 0.1) is 17.2 Å². The third-order valence-electron chi connectivity index (χ3n) is 3.54. The van der Waals surface area contributed by atoms with E-state index < -0.39 is 0 Å². The van der Waals surface area contributed by atoms with Crippen LogP contribution in [0.25, 0.3) is 6.08 Å². The summed E-state index contributed by atoms with van der Waals surface area (Å²) >= 11 is 0.959. The van der Waals surface area contributed by atoms with Crippen molar-refractivity contribution in [2.45, 2.75) is 13.8 Å². The number of nitrogens with zero attached hydrogens (tertiary/aromatic N) is 1. The van der Waals surface area contributed by atoms with Gasteiger partial charge in [-0.2, -0.15) is 0 Å². The van der Waals surface area contributed by atoms with Crippen LogP contribution >= 0.6 is 11.8 Å². The summed E-state index contributed by atoms with van der Waals surface area (Å²) < 4.78 is 5.40. The number of carbonyl (C=O) groups excluding carboxylic acids is 2. The van der Waals surface area contributed by atoms with E-state index in [2.05, 4.69) is 0 Å². The lowest BCUT2D eigenvalue weighted by Crippen LogP contribution is -2.27. The molecule has 2 aromatic carbocycles. The van der Waals surface area contributed by atoms with Crippen molar-refractivity contribution < 1.29 is 14.3 Å². The zero-order valence-corrected chi connectivity index (χ0v) is 14.3. The topological polar surface area (TPSA) is 46.6 Å². The molecule has 1 aliphatic heterocycles. The molecule has 0 N–H and O–H groups in total. The average molecular weight is 339 g/mol. The van der Waals surface area contributed by atoms with Gasteiger partial charge < -0.3 is 4.74 Å². The van der Waals surface area contributed by atoms with Crippen LogP contribution in [0.3, 0.4) is 0 Å². The van der Waals surface area contributed by atoms with Gasteiger partial charge in [0.25, 0.3) is 11.1 Å². The summed E-state index contributed by atoms with van der Waals surface area (Å²) in [5.74, 6) is 0.493. The van der Waals surface area contributed by atoms with Gasteiger partial charge in [-0.15, -0.1) is 0 Å². The number of amides is 2. The van der Waals surface area contributed by atoms with Gasteiger partial charge in [-0.1, -0.05) is 24.3 Å². The molecule has 3 rings (SSSR count). The quantitative estimate of drug-likeness (QED) is 0.762. The van der Waals surface area contributed by atoms with Crippen molar-refractivity contribution in [1.29, 1.82) is 0 Å². The number of hydrogen-bond acceptors (Lipinski definition) is 4. The number of hydrogen-bond donors (Lipinski definition) is 0. The van der Waals surface area contributed by atoms with Crippen LogP contribution in [-0.4, -0.2) is 17.8 Å². The molecule has 0 atom stereocenters. The van der Waals surface area contributed by atoms with E-state index in [-0.39, 0.29) is 11.1 Å². The Kier molecular flexibility index (Phi) is 4.71. The van der Waals surface area contributed by atoms with E-state index in [4.69, 9.17) is 4.74 Å². The smallest absolute Gasteiger partial charge is 0.298 e. The minimum absolute atomic E-state index is 0.275. The summed E-state index contributed by atoms with van der Waals surface area (Å²) in [4.78, 5) is 26.5. The summed E-state index contributed by atoms with van der Waals surface area (Å²) in [5.41, 5.74) is 2.46. The van der Waals surface area contributed by atoms with Crippen LogP contribution in [0.2, 0.25) is 0 Å². The molecular formula is C19H17NO3S. The highest BCUT2D eigenvalue weighted by molar-refractivity contribution is 8.19. The summed E-state index contributed by atoms with van der Waals surface area (Å²) in [6.45, 7) is 4.46. The number of aryl methyl sites for hydroxylation is 1. The number of carbonyl (C=O) groups is 2. The van der Waals surface area contributed by atoms with Crippen LogP contribution in [0.1, 0.15) is 18.1 Å². The molecule has 24 heavy (non-hydrogen) atoms. The Bertz CT molecular complexity index is 812. The van der Waals surface area contributed by atoms with Crippen LogP contribution in [0.5, 0.6) is 5.75 Å². The maximum absolute atomic E-state index is 12.6. The monoisotopic (exact) mass is 339 g/mol. The molecule has 5 heteroatoms. The van der Waals surface area contributed by atoms with Crippen molar-refractivity contribution >= 4 is 34.7 Å². The molecule has 1 heterocycles. The molecule has 0 unspecified atom stereocenters. The van der Waals surface area contributed by atoms with Gasteiger partial charge in [0.15, 0.2) is 0 Å². The van der Waals surface area contributed by atoms with Gasteiger partial charge in [0.1, 0.15) is 5.75 Å². The summed E-state index contributed by atoms with van der Waals surface area (Å²) in [6, 6.07) is 14.8. The summed E-state index contributed by atoms with van der Waals surface area (Å²) in [6.07, 6.45) is 1.73. The minimum Gasteiger partial charge on any atom is -0.494 e. The highest BCUT2D eigenvalue weighted by atomic mass is 32.2. The van der Waals surface area contributed by atoms with Crippen molar-refractivity contribution in [3.8, 4) is 5.75 Å². The number of imide groups is 1. The highest BCUT2D eigenvalue weighted by Crippen LogP contribution is 2.36. The van der Waals surface area contributed by atoms with E-state index in [1.54, 1.807) is 12.1 Å². The van der Waals surface area contributed by atoms with E-state index in [0.29, 0.717) is 17.2 Å². The van der Waals surface area contributed by atoms with Gasteiger partial charge in [-0.3, -0.25) is 9.59 Å². The van der Waals surface area contributed by atoms with E-state index >= 15 is 0 Å². The average Bonchev–Trinajstić information content (AvgIpc) is 2.83. The molecule has 2 amide bonds. The molecule has 1 aliphatic rings. The van der Waals surface area contributed by atoms with Crippen molar-refractivity contribution in [3.05, 3.63) is 64.6 Å². The normalized spacial score (nSPS) is 16.1. The Morgan fingerprint density at radius 3 is 2.54 bits per heavy atom. The van der Waals surface area contributed by atoms with Gasteiger partial charge in [0, 0.05) is 0 Å². The SMILES string of the molecule is CCOc1ccc(/C=C2\SC(=O)N(c3cccc(C)c3)C2=O)cc1. The molecule has 1 fully saturated rings. The van der Waals surface area contributed by atoms with Crippen LogP contribution in [0, 0.1) is 6.92 Å². The number of anilines is 1. The van der Waals surface area contributed by atoms with E-state index in [1.807, 2.05) is 56.3 Å². The molecule has 0 aromatic heterocycles. The number of rotatable bonds is 4. The van der Waals surface area contributed by atoms with Crippen LogP contribution < -0.4 is 9.64 Å². The largest absolute Gasteiger partial charge is 0.494 e. The van der Waals surface area contributed by atoms with Crippen molar-refractivity contribution in [2.24, 2.45) is 0 Å². The molecule has 0 bridgehead atoms. The first-order valence-corrected chi connectivity index (χ1v) is 8.47. The predicted octanol–water partition coefficient (Wildman–Crippen LogP) is 4.63. The molecule has 1 saturated heterocycles. The molecule has 122 valence electrons. The first-order valence-electron chi connectivity index (χ1n) is 7.66. The number of benzene rings is 2. The van der Waals surface area contributed by atoms with Crippen molar-refractivity contribution in [1.82, 2.24) is 0 Å². The second-order valence-corrected chi connectivity index (χ2v) is 6.35. The van der Waals surface area contributed by atoms with Crippen molar-refractivity contribution in [2.75, 3.05) is 11.5 Å². The maximum Gasteiger partial charge on any atom is 0.298 e. The standard InChI is InChI=1S/C19H17NO3S/c1-3-23-16-9-7-14(8-10-16)12-17-18(21)20(19(22)24-17)15-6-4-5-13(2)11-15/h4-12H,3H2,1-2H3/b17-12-. The maximum atomic E-state index is 12.6. The second-order valence-electron chi connectivity index (χ2n) is 5.36. The Morgan fingerprint density at radius 2 is 1.88 bits per heavy atom. The van der Waals surface area contributed by atoms with Gasteiger partial charge in [0.2, 0.25) is 0 Å². The second kappa shape index (κ2) is 6.93. The Balaban J connectivity index is 1.85. The Hall–Kier alpha value is -2.53. The zero-order chi connectivity index (χ0) is 17.1. The number of thioether (sulfide) groups is 1. The fourth-order valence-corrected chi connectivity index (χ4v) is 3.28. The lowest BCUT2D eigenvalue weighted by molar-refractivity contribution is -0.113. The molecule has 0 aliphatic carbocycles. The molecule has 0 spiro atoms. The Morgan fingerprint density at radius 1 is 1.12 bits per heavy atom.